The molecule has 1 aromatic carbocycles. The molecule has 2 rings (SSSR count). The van der Waals surface area contributed by atoms with Crippen LogP contribution in [0.25, 0.3) is 0 Å². The van der Waals surface area contributed by atoms with Crippen molar-refractivity contribution in [3.63, 3.8) is 0 Å². The molecule has 1 aromatic rings. The first kappa shape index (κ1) is 12.3. The fraction of sp³-hybridized carbons (Fsp3) is 0.500. The van der Waals surface area contributed by atoms with Crippen molar-refractivity contribution in [2.75, 3.05) is 0 Å². The van der Waals surface area contributed by atoms with Gasteiger partial charge in [-0.1, -0.05) is 30.3 Å². The first-order valence-corrected chi connectivity index (χ1v) is 5.83. The number of benzene rings is 1. The molecule has 0 unspecified atom stereocenters. The summed E-state index contributed by atoms with van der Waals surface area (Å²) < 4.78 is 11.5. The van der Waals surface area contributed by atoms with Crippen molar-refractivity contribution in [2.24, 2.45) is 0 Å². The number of hydrogen-bond donors (Lipinski definition) is 0. The third-order valence-electron chi connectivity index (χ3n) is 3.18. The highest BCUT2D eigenvalue weighted by Gasteiger charge is 2.52. The van der Waals surface area contributed by atoms with E-state index < -0.39 is 11.4 Å². The van der Waals surface area contributed by atoms with Crippen LogP contribution in [-0.2, 0) is 9.47 Å². The summed E-state index contributed by atoms with van der Waals surface area (Å²) >= 11 is 0. The van der Waals surface area contributed by atoms with Gasteiger partial charge in [-0.25, -0.2) is 0 Å². The van der Waals surface area contributed by atoms with Gasteiger partial charge in [-0.3, -0.25) is 4.79 Å². The summed E-state index contributed by atoms with van der Waals surface area (Å²) in [6.07, 6.45) is -0.259. The second-order valence-corrected chi connectivity index (χ2v) is 5.06. The van der Waals surface area contributed by atoms with Gasteiger partial charge in [-0.2, -0.15) is 0 Å². The lowest BCUT2D eigenvalue weighted by atomic mass is 9.90. The first-order chi connectivity index (χ1) is 7.85. The number of carbonyl (C=O) groups excluding carboxylic acids is 1. The molecule has 0 spiro atoms. The van der Waals surface area contributed by atoms with Crippen LogP contribution in [0.5, 0.6) is 0 Å². The molecule has 1 aliphatic heterocycles. The van der Waals surface area contributed by atoms with E-state index in [1.54, 1.807) is 19.1 Å². The number of Topliss-reactive ketones (excluding diaryl/α,β-unsaturated/α-hetero) is 1. The van der Waals surface area contributed by atoms with Crippen LogP contribution in [0.4, 0.5) is 0 Å². The van der Waals surface area contributed by atoms with Crippen molar-refractivity contribution in [2.45, 2.75) is 45.2 Å². The van der Waals surface area contributed by atoms with Crippen molar-refractivity contribution in [1.29, 1.82) is 0 Å². The van der Waals surface area contributed by atoms with Gasteiger partial charge in [0.05, 0.1) is 6.10 Å². The molecule has 0 amide bonds. The lowest BCUT2D eigenvalue weighted by Crippen LogP contribution is -2.43. The normalized spacial score (nSPS) is 31.4. The Hall–Kier alpha value is -1.19. The molecule has 0 aliphatic carbocycles. The van der Waals surface area contributed by atoms with Gasteiger partial charge in [0.25, 0.3) is 0 Å². The lowest BCUT2D eigenvalue weighted by molar-refractivity contribution is -0.152. The van der Waals surface area contributed by atoms with Crippen LogP contribution < -0.4 is 0 Å². The molecule has 0 saturated carbocycles. The maximum Gasteiger partial charge on any atom is 0.197 e. The zero-order valence-electron chi connectivity index (χ0n) is 10.7. The van der Waals surface area contributed by atoms with E-state index in [1.807, 2.05) is 39.0 Å². The van der Waals surface area contributed by atoms with E-state index in [0.29, 0.717) is 5.56 Å². The van der Waals surface area contributed by atoms with Crippen LogP contribution >= 0.6 is 0 Å². The lowest BCUT2D eigenvalue weighted by Gasteiger charge is -2.25. The van der Waals surface area contributed by atoms with Gasteiger partial charge in [0.15, 0.2) is 17.2 Å². The maximum absolute atomic E-state index is 12.5. The average molecular weight is 234 g/mol. The molecule has 2 atom stereocenters. The van der Waals surface area contributed by atoms with E-state index in [-0.39, 0.29) is 11.9 Å². The number of rotatable bonds is 2. The van der Waals surface area contributed by atoms with E-state index in [9.17, 15) is 4.79 Å². The number of carbonyl (C=O) groups is 1. The number of ketones is 1. The predicted molar refractivity (Wildman–Crippen MR) is 64.9 cm³/mol. The minimum atomic E-state index is -0.912. The van der Waals surface area contributed by atoms with Gasteiger partial charge in [0, 0.05) is 5.56 Å². The molecule has 1 aliphatic rings. The van der Waals surface area contributed by atoms with Crippen LogP contribution in [0.1, 0.15) is 38.1 Å². The molecule has 0 bridgehead atoms. The fourth-order valence-electron chi connectivity index (χ4n) is 2.26. The van der Waals surface area contributed by atoms with Crippen molar-refractivity contribution < 1.29 is 14.3 Å². The minimum Gasteiger partial charge on any atom is -0.344 e. The highest BCUT2D eigenvalue weighted by atomic mass is 16.8. The Kier molecular flexibility index (Phi) is 2.84. The quantitative estimate of drug-likeness (QED) is 0.738. The molecule has 0 N–H and O–H groups in total. The van der Waals surface area contributed by atoms with E-state index >= 15 is 0 Å². The summed E-state index contributed by atoms with van der Waals surface area (Å²) in [4.78, 5) is 12.5. The third kappa shape index (κ3) is 2.13. The van der Waals surface area contributed by atoms with Crippen LogP contribution in [-0.4, -0.2) is 23.3 Å². The summed E-state index contributed by atoms with van der Waals surface area (Å²) in [6, 6.07) is 9.19. The van der Waals surface area contributed by atoms with Gasteiger partial charge < -0.3 is 9.47 Å². The van der Waals surface area contributed by atoms with E-state index in [0.717, 1.165) is 0 Å². The Labute approximate surface area is 102 Å². The summed E-state index contributed by atoms with van der Waals surface area (Å²) in [5, 5.41) is 0. The van der Waals surface area contributed by atoms with Gasteiger partial charge in [0.1, 0.15) is 0 Å². The zero-order chi connectivity index (χ0) is 12.7. The molecule has 3 nitrogen and oxygen atoms in total. The topological polar surface area (TPSA) is 35.5 Å². The van der Waals surface area contributed by atoms with E-state index in [2.05, 4.69) is 0 Å². The predicted octanol–water partition coefficient (Wildman–Crippen LogP) is 2.80. The van der Waals surface area contributed by atoms with Gasteiger partial charge in [-0.15, -0.1) is 0 Å². The van der Waals surface area contributed by atoms with Crippen LogP contribution in [0.3, 0.4) is 0 Å². The third-order valence-corrected chi connectivity index (χ3v) is 3.18. The van der Waals surface area contributed by atoms with Crippen LogP contribution in [0, 0.1) is 0 Å². The van der Waals surface area contributed by atoms with Crippen molar-refractivity contribution >= 4 is 5.78 Å². The average Bonchev–Trinajstić information content (AvgIpc) is 2.48. The molecule has 3 heteroatoms. The second kappa shape index (κ2) is 3.93. The monoisotopic (exact) mass is 234 g/mol. The van der Waals surface area contributed by atoms with Gasteiger partial charge in [-0.05, 0) is 27.7 Å². The molecule has 1 heterocycles. The zero-order valence-corrected chi connectivity index (χ0v) is 10.7. The van der Waals surface area contributed by atoms with Crippen molar-refractivity contribution in [1.82, 2.24) is 0 Å². The van der Waals surface area contributed by atoms with E-state index in [4.69, 9.17) is 9.47 Å². The molecule has 1 fully saturated rings. The Morgan fingerprint density at radius 1 is 1.18 bits per heavy atom. The Morgan fingerprint density at radius 2 is 1.76 bits per heavy atom. The standard InChI is InChI=1S/C14H18O3/c1-10-14(4,17-13(2,3)16-10)12(15)11-8-6-5-7-9-11/h5-10H,1-4H3/t10-,14-/m1/s1. The number of ether oxygens (including phenoxy) is 2. The minimum absolute atomic E-state index is 0.0313. The van der Waals surface area contributed by atoms with Gasteiger partial charge >= 0.3 is 0 Å². The fourth-order valence-corrected chi connectivity index (χ4v) is 2.26. The maximum atomic E-state index is 12.5. The highest BCUT2D eigenvalue weighted by molar-refractivity contribution is 6.02. The SMILES string of the molecule is C[C@H]1OC(C)(C)O[C@@]1(C)C(=O)c1ccccc1. The molecular weight excluding hydrogens is 216 g/mol. The Balaban J connectivity index is 2.31. The van der Waals surface area contributed by atoms with Crippen molar-refractivity contribution in [3.8, 4) is 0 Å². The van der Waals surface area contributed by atoms with Crippen LogP contribution in [0.15, 0.2) is 30.3 Å². The van der Waals surface area contributed by atoms with E-state index in [1.165, 1.54) is 0 Å². The molecular formula is C14H18O3. The first-order valence-electron chi connectivity index (χ1n) is 5.83. The Morgan fingerprint density at radius 3 is 2.24 bits per heavy atom. The molecule has 1 saturated heterocycles. The van der Waals surface area contributed by atoms with Crippen molar-refractivity contribution in [3.05, 3.63) is 35.9 Å². The molecule has 0 radical (unpaired) electrons. The molecule has 92 valence electrons. The molecule has 0 aromatic heterocycles. The van der Waals surface area contributed by atoms with Crippen LogP contribution in [0.2, 0.25) is 0 Å². The molecule has 17 heavy (non-hydrogen) atoms. The summed E-state index contributed by atoms with van der Waals surface area (Å²) in [6.45, 7) is 7.32. The number of hydrogen-bond acceptors (Lipinski definition) is 3. The summed E-state index contributed by atoms with van der Waals surface area (Å²) in [5.74, 6) is -0.741. The summed E-state index contributed by atoms with van der Waals surface area (Å²) in [5.41, 5.74) is -0.256. The second-order valence-electron chi connectivity index (χ2n) is 5.06. The smallest absolute Gasteiger partial charge is 0.197 e. The summed E-state index contributed by atoms with van der Waals surface area (Å²) in [7, 11) is 0. The largest absolute Gasteiger partial charge is 0.344 e. The van der Waals surface area contributed by atoms with Gasteiger partial charge in [0.2, 0.25) is 0 Å². The Bertz CT molecular complexity index is 424. The highest BCUT2D eigenvalue weighted by Crippen LogP contribution is 2.38.